The molecular weight excluding hydrogens is 128 g/mol. The minimum Gasteiger partial charge on any atom is -0.379 e. The van der Waals surface area contributed by atoms with E-state index >= 15 is 0 Å². The number of nitrogens with zero attached hydrogens (tertiary/aromatic N) is 1. The van der Waals surface area contributed by atoms with E-state index in [1.54, 1.807) is 6.92 Å². The molecule has 0 amide bonds. The highest BCUT2D eigenvalue weighted by atomic mass is 16.3. The van der Waals surface area contributed by atoms with Gasteiger partial charge < -0.3 is 9.59 Å². The fourth-order valence-electron chi connectivity index (χ4n) is 0.609. The molecular formula is C7H19N2O+. The van der Waals surface area contributed by atoms with E-state index in [0.717, 1.165) is 17.6 Å². The lowest BCUT2D eigenvalue weighted by molar-refractivity contribution is -0.869. The number of hydrogen-bond acceptors (Lipinski definition) is 2. The van der Waals surface area contributed by atoms with Crippen molar-refractivity contribution in [2.75, 3.05) is 34.2 Å². The molecule has 0 spiro atoms. The Morgan fingerprint density at radius 2 is 1.90 bits per heavy atom. The average molecular weight is 147 g/mol. The van der Waals surface area contributed by atoms with Crippen molar-refractivity contribution in [3.8, 4) is 0 Å². The minimum absolute atomic E-state index is 0.383. The summed E-state index contributed by atoms with van der Waals surface area (Å²) in [6.45, 7) is 3.63. The molecule has 0 aliphatic rings. The lowest BCUT2D eigenvalue weighted by Gasteiger charge is -2.24. The van der Waals surface area contributed by atoms with E-state index in [1.807, 2.05) is 0 Å². The van der Waals surface area contributed by atoms with Gasteiger partial charge in [-0.15, -0.1) is 0 Å². The molecule has 1 atom stereocenters. The molecule has 0 saturated heterocycles. The zero-order valence-corrected chi connectivity index (χ0v) is 7.39. The van der Waals surface area contributed by atoms with Gasteiger partial charge in [-0.25, -0.2) is 0 Å². The molecule has 0 bridgehead atoms. The number of quaternary nitrogens is 1. The number of aliphatic hydroxyl groups is 1. The standard InChI is InChI=1S/C7H19N2O/c1-7(10)8-5-6-9(2,3)4/h7-8,10H,5-6H2,1-4H3/q+1. The third kappa shape index (κ3) is 7.88. The van der Waals surface area contributed by atoms with Crippen LogP contribution in [0.3, 0.4) is 0 Å². The molecule has 0 radical (unpaired) electrons. The van der Waals surface area contributed by atoms with Gasteiger partial charge in [0.25, 0.3) is 0 Å². The van der Waals surface area contributed by atoms with E-state index in [0.29, 0.717) is 0 Å². The van der Waals surface area contributed by atoms with E-state index in [9.17, 15) is 0 Å². The van der Waals surface area contributed by atoms with Gasteiger partial charge in [0, 0.05) is 6.54 Å². The van der Waals surface area contributed by atoms with Crippen LogP contribution >= 0.6 is 0 Å². The fraction of sp³-hybridized carbons (Fsp3) is 1.00. The van der Waals surface area contributed by atoms with Gasteiger partial charge in [-0.2, -0.15) is 0 Å². The maximum atomic E-state index is 8.83. The molecule has 0 heterocycles. The fourth-order valence-corrected chi connectivity index (χ4v) is 0.609. The van der Waals surface area contributed by atoms with Crippen LogP contribution in [-0.2, 0) is 0 Å². The van der Waals surface area contributed by atoms with Crippen LogP contribution in [0.4, 0.5) is 0 Å². The quantitative estimate of drug-likeness (QED) is 0.420. The lowest BCUT2D eigenvalue weighted by Crippen LogP contribution is -2.42. The first-order valence-electron chi connectivity index (χ1n) is 3.64. The topological polar surface area (TPSA) is 32.3 Å². The number of aliphatic hydroxyl groups excluding tert-OH is 1. The summed E-state index contributed by atoms with van der Waals surface area (Å²) < 4.78 is 0.930. The predicted octanol–water partition coefficient (Wildman–Crippen LogP) is -0.379. The normalized spacial score (nSPS) is 15.3. The Balaban J connectivity index is 3.21. The van der Waals surface area contributed by atoms with Crippen molar-refractivity contribution in [3.63, 3.8) is 0 Å². The summed E-state index contributed by atoms with van der Waals surface area (Å²) in [4.78, 5) is 0. The van der Waals surface area contributed by atoms with Crippen LogP contribution in [0.25, 0.3) is 0 Å². The Labute approximate surface area is 63.2 Å². The molecule has 0 aliphatic heterocycles. The molecule has 1 unspecified atom stereocenters. The Hall–Kier alpha value is -0.120. The van der Waals surface area contributed by atoms with E-state index in [2.05, 4.69) is 26.5 Å². The maximum Gasteiger partial charge on any atom is 0.102 e. The Morgan fingerprint density at radius 3 is 2.20 bits per heavy atom. The Bertz CT molecular complexity index is 86.1. The second kappa shape index (κ2) is 3.91. The molecule has 62 valence electrons. The van der Waals surface area contributed by atoms with Crippen molar-refractivity contribution in [3.05, 3.63) is 0 Å². The predicted molar refractivity (Wildman–Crippen MR) is 42.6 cm³/mol. The van der Waals surface area contributed by atoms with Gasteiger partial charge in [-0.3, -0.25) is 5.32 Å². The van der Waals surface area contributed by atoms with Gasteiger partial charge >= 0.3 is 0 Å². The summed E-state index contributed by atoms with van der Waals surface area (Å²) in [5, 5.41) is 11.8. The zero-order valence-electron chi connectivity index (χ0n) is 7.39. The second-order valence-corrected chi connectivity index (χ2v) is 3.64. The summed E-state index contributed by atoms with van der Waals surface area (Å²) in [6, 6.07) is 0. The van der Waals surface area contributed by atoms with Crippen LogP contribution in [0.2, 0.25) is 0 Å². The summed E-state index contributed by atoms with van der Waals surface area (Å²) in [7, 11) is 6.39. The molecule has 3 heteroatoms. The highest BCUT2D eigenvalue weighted by Crippen LogP contribution is 1.86. The van der Waals surface area contributed by atoms with Crippen LogP contribution < -0.4 is 5.32 Å². The number of rotatable bonds is 4. The van der Waals surface area contributed by atoms with Gasteiger partial charge in [-0.05, 0) is 6.92 Å². The first-order chi connectivity index (χ1) is 4.42. The van der Waals surface area contributed by atoms with Crippen LogP contribution in [0, 0.1) is 0 Å². The minimum atomic E-state index is -0.383. The zero-order chi connectivity index (χ0) is 8.20. The Morgan fingerprint density at radius 1 is 1.40 bits per heavy atom. The Kier molecular flexibility index (Phi) is 3.86. The van der Waals surface area contributed by atoms with Crippen LogP contribution in [-0.4, -0.2) is 50.0 Å². The molecule has 0 saturated carbocycles. The molecule has 0 aromatic heterocycles. The van der Waals surface area contributed by atoms with Crippen LogP contribution in [0.5, 0.6) is 0 Å². The van der Waals surface area contributed by atoms with Gasteiger partial charge in [-0.1, -0.05) is 0 Å². The van der Waals surface area contributed by atoms with Gasteiger partial charge in [0.1, 0.15) is 6.23 Å². The van der Waals surface area contributed by atoms with Crippen molar-refractivity contribution in [1.29, 1.82) is 0 Å². The van der Waals surface area contributed by atoms with Crippen LogP contribution in [0.1, 0.15) is 6.92 Å². The van der Waals surface area contributed by atoms with Gasteiger partial charge in [0.2, 0.25) is 0 Å². The number of likely N-dealkylation sites (N-methyl/N-ethyl adjacent to an activating group) is 1. The van der Waals surface area contributed by atoms with Crippen LogP contribution in [0.15, 0.2) is 0 Å². The molecule has 2 N–H and O–H groups in total. The smallest absolute Gasteiger partial charge is 0.102 e. The van der Waals surface area contributed by atoms with Crippen molar-refractivity contribution >= 4 is 0 Å². The third-order valence-electron chi connectivity index (χ3n) is 1.22. The molecule has 3 nitrogen and oxygen atoms in total. The highest BCUT2D eigenvalue weighted by molar-refractivity contribution is 4.43. The third-order valence-corrected chi connectivity index (χ3v) is 1.22. The largest absolute Gasteiger partial charge is 0.379 e. The van der Waals surface area contributed by atoms with Crippen molar-refractivity contribution in [1.82, 2.24) is 5.32 Å². The SMILES string of the molecule is CC(O)NCC[N+](C)(C)C. The lowest BCUT2D eigenvalue weighted by atomic mass is 10.5. The van der Waals surface area contributed by atoms with E-state index in [1.165, 1.54) is 0 Å². The van der Waals surface area contributed by atoms with Gasteiger partial charge in [0.15, 0.2) is 0 Å². The second-order valence-electron chi connectivity index (χ2n) is 3.64. The summed E-state index contributed by atoms with van der Waals surface area (Å²) in [5.41, 5.74) is 0. The van der Waals surface area contributed by atoms with E-state index in [4.69, 9.17) is 5.11 Å². The average Bonchev–Trinajstić information content (AvgIpc) is 1.59. The monoisotopic (exact) mass is 147 g/mol. The maximum absolute atomic E-state index is 8.83. The highest BCUT2D eigenvalue weighted by Gasteiger charge is 2.05. The summed E-state index contributed by atoms with van der Waals surface area (Å²) in [6.07, 6.45) is -0.383. The number of nitrogens with one attached hydrogen (secondary N) is 1. The molecule has 0 rings (SSSR count). The van der Waals surface area contributed by atoms with Crippen molar-refractivity contribution < 1.29 is 9.59 Å². The summed E-state index contributed by atoms with van der Waals surface area (Å²) >= 11 is 0. The molecule has 0 aliphatic carbocycles. The molecule has 0 aromatic rings. The molecule has 10 heavy (non-hydrogen) atoms. The first-order valence-corrected chi connectivity index (χ1v) is 3.64. The molecule has 0 fully saturated rings. The van der Waals surface area contributed by atoms with Gasteiger partial charge in [0.05, 0.1) is 27.7 Å². The van der Waals surface area contributed by atoms with Crippen molar-refractivity contribution in [2.45, 2.75) is 13.2 Å². The van der Waals surface area contributed by atoms with Crippen molar-refractivity contribution in [2.24, 2.45) is 0 Å². The summed E-state index contributed by atoms with van der Waals surface area (Å²) in [5.74, 6) is 0. The van der Waals surface area contributed by atoms with E-state index in [-0.39, 0.29) is 6.23 Å². The van der Waals surface area contributed by atoms with E-state index < -0.39 is 0 Å². The first kappa shape index (κ1) is 9.88. The number of hydrogen-bond donors (Lipinski definition) is 2. The molecule has 0 aromatic carbocycles.